The first kappa shape index (κ1) is 24.6. The average Bonchev–Trinajstić information content (AvgIpc) is 3.04. The molecule has 2 aromatic rings. The van der Waals surface area contributed by atoms with Gasteiger partial charge in [0.1, 0.15) is 12.4 Å². The molecule has 1 aromatic carbocycles. The maximum Gasteiger partial charge on any atom is 0.245 e. The first-order valence-corrected chi connectivity index (χ1v) is 10.9. The van der Waals surface area contributed by atoms with E-state index in [1.165, 1.54) is 0 Å². The maximum absolute atomic E-state index is 13.0. The number of aromatic nitrogens is 2. The number of carbonyl (C=O) groups is 2. The predicted molar refractivity (Wildman–Crippen MR) is 127 cm³/mol. The summed E-state index contributed by atoms with van der Waals surface area (Å²) in [7, 11) is 0. The third kappa shape index (κ3) is 5.75. The molecule has 2 rings (SSSR count). The van der Waals surface area contributed by atoms with E-state index in [4.69, 9.17) is 5.10 Å². The van der Waals surface area contributed by atoms with Gasteiger partial charge in [-0.25, -0.2) is 4.68 Å². The Morgan fingerprint density at radius 1 is 1.10 bits per heavy atom. The lowest BCUT2D eigenvalue weighted by Crippen LogP contribution is -2.47. The number of carbonyl (C=O) groups excluding carboxylic acids is 2. The Bertz CT molecular complexity index is 959. The molecule has 0 atom stereocenters. The first-order valence-electron chi connectivity index (χ1n) is 10.9. The summed E-state index contributed by atoms with van der Waals surface area (Å²) in [5, 5.41) is 7.82. The van der Waals surface area contributed by atoms with Crippen molar-refractivity contribution in [2.24, 2.45) is 5.41 Å². The Balaban J connectivity index is 2.41. The number of rotatable bonds is 5. The van der Waals surface area contributed by atoms with Crippen LogP contribution in [0.5, 0.6) is 0 Å². The number of hydrogen-bond acceptors (Lipinski definition) is 3. The highest BCUT2D eigenvalue weighted by atomic mass is 16.2. The third-order valence-electron chi connectivity index (χ3n) is 5.39. The molecule has 1 N–H and O–H groups in total. The standard InChI is InChI=1S/C25H38N4O2/c1-16(2)28(23(31)25(8,9)10)15-22(30)26-21-14-20(24(5,6)7)27-29(21)19-13-11-12-17(3)18(19)4/h11-14,16H,15H2,1-10H3,(H,26,30). The van der Waals surface area contributed by atoms with Gasteiger partial charge in [-0.1, -0.05) is 53.7 Å². The summed E-state index contributed by atoms with van der Waals surface area (Å²) in [4.78, 5) is 27.5. The van der Waals surface area contributed by atoms with Crippen molar-refractivity contribution >= 4 is 17.6 Å². The predicted octanol–water partition coefficient (Wildman–Crippen LogP) is 5.01. The summed E-state index contributed by atoms with van der Waals surface area (Å²) in [6.45, 7) is 19.8. The lowest BCUT2D eigenvalue weighted by atomic mass is 9.92. The quantitative estimate of drug-likeness (QED) is 0.731. The van der Waals surface area contributed by atoms with E-state index in [0.29, 0.717) is 5.82 Å². The van der Waals surface area contributed by atoms with Crippen LogP contribution in [0, 0.1) is 19.3 Å². The van der Waals surface area contributed by atoms with Crippen molar-refractivity contribution in [3.63, 3.8) is 0 Å². The smallest absolute Gasteiger partial charge is 0.245 e. The van der Waals surface area contributed by atoms with Crippen LogP contribution < -0.4 is 5.32 Å². The maximum atomic E-state index is 13.0. The molecule has 0 aliphatic rings. The fourth-order valence-corrected chi connectivity index (χ4v) is 3.24. The molecular weight excluding hydrogens is 388 g/mol. The van der Waals surface area contributed by atoms with Crippen LogP contribution in [0.15, 0.2) is 24.3 Å². The zero-order chi connectivity index (χ0) is 23.7. The Kier molecular flexibility index (Phi) is 7.03. The van der Waals surface area contributed by atoms with Crippen LogP contribution >= 0.6 is 0 Å². The highest BCUT2D eigenvalue weighted by Gasteiger charge is 2.30. The lowest BCUT2D eigenvalue weighted by Gasteiger charge is -2.32. The van der Waals surface area contributed by atoms with Crippen LogP contribution in [0.1, 0.15) is 72.2 Å². The van der Waals surface area contributed by atoms with Gasteiger partial charge >= 0.3 is 0 Å². The van der Waals surface area contributed by atoms with E-state index in [1.54, 1.807) is 9.58 Å². The molecule has 0 aliphatic carbocycles. The van der Waals surface area contributed by atoms with Gasteiger partial charge in [-0.3, -0.25) is 9.59 Å². The molecule has 0 aliphatic heterocycles. The van der Waals surface area contributed by atoms with Crippen molar-refractivity contribution in [2.75, 3.05) is 11.9 Å². The van der Waals surface area contributed by atoms with Crippen molar-refractivity contribution in [3.8, 4) is 5.69 Å². The Morgan fingerprint density at radius 3 is 2.23 bits per heavy atom. The van der Waals surface area contributed by atoms with Crippen molar-refractivity contribution in [1.82, 2.24) is 14.7 Å². The van der Waals surface area contributed by atoms with Gasteiger partial charge in [0.2, 0.25) is 11.8 Å². The summed E-state index contributed by atoms with van der Waals surface area (Å²) in [6.07, 6.45) is 0. The number of aryl methyl sites for hydroxylation is 1. The summed E-state index contributed by atoms with van der Waals surface area (Å²) in [6, 6.07) is 7.89. The minimum absolute atomic E-state index is 0.00337. The highest BCUT2D eigenvalue weighted by molar-refractivity contribution is 5.95. The molecule has 31 heavy (non-hydrogen) atoms. The minimum Gasteiger partial charge on any atom is -0.330 e. The number of amides is 2. The van der Waals surface area contributed by atoms with Gasteiger partial charge in [0, 0.05) is 22.9 Å². The van der Waals surface area contributed by atoms with E-state index in [1.807, 2.05) is 52.8 Å². The zero-order valence-corrected chi connectivity index (χ0v) is 20.8. The van der Waals surface area contributed by atoms with Gasteiger partial charge in [-0.15, -0.1) is 0 Å². The molecule has 0 bridgehead atoms. The van der Waals surface area contributed by atoms with Crippen LogP contribution in [0.25, 0.3) is 5.69 Å². The normalized spacial score (nSPS) is 12.2. The van der Waals surface area contributed by atoms with E-state index in [-0.39, 0.29) is 29.8 Å². The van der Waals surface area contributed by atoms with E-state index in [9.17, 15) is 9.59 Å². The van der Waals surface area contributed by atoms with Gasteiger partial charge in [0.05, 0.1) is 11.4 Å². The largest absolute Gasteiger partial charge is 0.330 e. The molecule has 0 fully saturated rings. The molecule has 6 nitrogen and oxygen atoms in total. The van der Waals surface area contributed by atoms with Gasteiger partial charge < -0.3 is 10.2 Å². The van der Waals surface area contributed by atoms with Crippen LogP contribution in [0.2, 0.25) is 0 Å². The molecule has 6 heteroatoms. The molecule has 1 heterocycles. The second-order valence-corrected chi connectivity index (χ2v) is 10.6. The summed E-state index contributed by atoms with van der Waals surface area (Å²) in [5.41, 5.74) is 3.35. The second-order valence-electron chi connectivity index (χ2n) is 10.6. The van der Waals surface area contributed by atoms with Crippen LogP contribution in [-0.2, 0) is 15.0 Å². The fourth-order valence-electron chi connectivity index (χ4n) is 3.24. The SMILES string of the molecule is Cc1cccc(-n2nc(C(C)(C)C)cc2NC(=O)CN(C(=O)C(C)(C)C)C(C)C)c1C. The van der Waals surface area contributed by atoms with Gasteiger partial charge in [-0.2, -0.15) is 5.10 Å². The molecule has 0 saturated carbocycles. The molecule has 170 valence electrons. The molecular formula is C25H38N4O2. The molecule has 0 unspecified atom stereocenters. The Morgan fingerprint density at radius 2 is 1.71 bits per heavy atom. The first-order chi connectivity index (χ1) is 14.1. The number of nitrogens with zero attached hydrogens (tertiary/aromatic N) is 3. The van der Waals surface area contributed by atoms with E-state index >= 15 is 0 Å². The molecule has 0 spiro atoms. The third-order valence-corrected chi connectivity index (χ3v) is 5.39. The van der Waals surface area contributed by atoms with Crippen LogP contribution in [0.4, 0.5) is 5.82 Å². The monoisotopic (exact) mass is 426 g/mol. The van der Waals surface area contributed by atoms with E-state index in [2.05, 4.69) is 46.0 Å². The second kappa shape index (κ2) is 8.85. The van der Waals surface area contributed by atoms with E-state index < -0.39 is 5.41 Å². The van der Waals surface area contributed by atoms with Crippen molar-refractivity contribution in [3.05, 3.63) is 41.1 Å². The Hall–Kier alpha value is -2.63. The topological polar surface area (TPSA) is 67.2 Å². The number of anilines is 1. The van der Waals surface area contributed by atoms with Crippen molar-refractivity contribution < 1.29 is 9.59 Å². The van der Waals surface area contributed by atoms with Gasteiger partial charge in [-0.05, 0) is 44.9 Å². The average molecular weight is 427 g/mol. The number of nitrogens with one attached hydrogen (secondary N) is 1. The molecule has 2 amide bonds. The highest BCUT2D eigenvalue weighted by Crippen LogP contribution is 2.28. The van der Waals surface area contributed by atoms with Gasteiger partial charge in [0.25, 0.3) is 0 Å². The Labute approximate surface area is 187 Å². The van der Waals surface area contributed by atoms with Crippen LogP contribution in [0.3, 0.4) is 0 Å². The van der Waals surface area contributed by atoms with E-state index in [0.717, 1.165) is 22.5 Å². The summed E-state index contributed by atoms with van der Waals surface area (Å²) >= 11 is 0. The van der Waals surface area contributed by atoms with Crippen molar-refractivity contribution in [1.29, 1.82) is 0 Å². The van der Waals surface area contributed by atoms with Crippen molar-refractivity contribution in [2.45, 2.75) is 80.7 Å². The summed E-state index contributed by atoms with van der Waals surface area (Å²) < 4.78 is 1.80. The summed E-state index contributed by atoms with van der Waals surface area (Å²) in [5.74, 6) is 0.324. The minimum atomic E-state index is -0.551. The number of benzene rings is 1. The van der Waals surface area contributed by atoms with Crippen LogP contribution in [-0.4, -0.2) is 39.1 Å². The molecule has 0 saturated heterocycles. The number of hydrogen-bond donors (Lipinski definition) is 1. The fraction of sp³-hybridized carbons (Fsp3) is 0.560. The molecule has 0 radical (unpaired) electrons. The van der Waals surface area contributed by atoms with Gasteiger partial charge in [0.15, 0.2) is 0 Å². The molecule has 1 aromatic heterocycles. The lowest BCUT2D eigenvalue weighted by molar-refractivity contribution is -0.143. The zero-order valence-electron chi connectivity index (χ0n) is 20.8.